The van der Waals surface area contributed by atoms with Crippen LogP contribution in [0.5, 0.6) is 5.75 Å². The molecule has 2 fully saturated rings. The van der Waals surface area contributed by atoms with Gasteiger partial charge in [0.2, 0.25) is 0 Å². The Hall–Kier alpha value is -3.24. The molecule has 1 aliphatic carbocycles. The molecule has 4 aliphatic rings. The fourth-order valence-electron chi connectivity index (χ4n) is 5.80. The van der Waals surface area contributed by atoms with Crippen molar-refractivity contribution in [1.29, 1.82) is 0 Å². The van der Waals surface area contributed by atoms with E-state index in [9.17, 15) is 4.79 Å². The van der Waals surface area contributed by atoms with Gasteiger partial charge < -0.3 is 19.3 Å². The number of epoxide rings is 1. The number of thiophene rings is 1. The monoisotopic (exact) mass is 628 g/mol. The van der Waals surface area contributed by atoms with Crippen LogP contribution in [-0.4, -0.2) is 42.9 Å². The summed E-state index contributed by atoms with van der Waals surface area (Å²) in [7, 11) is 0. The van der Waals surface area contributed by atoms with Crippen LogP contribution in [0.15, 0.2) is 71.2 Å². The zero-order valence-corrected chi connectivity index (χ0v) is 24.8. The van der Waals surface area contributed by atoms with Crippen LogP contribution in [0, 0.1) is 0 Å². The molecular formula is C32H29BrN4O3S. The number of amides is 1. The lowest BCUT2D eigenvalue weighted by Gasteiger charge is -2.24. The van der Waals surface area contributed by atoms with Gasteiger partial charge in [-0.25, -0.2) is 4.98 Å². The van der Waals surface area contributed by atoms with Crippen molar-refractivity contribution in [2.24, 2.45) is 0 Å². The fraction of sp³-hybridized carbons (Fsp3) is 0.312. The van der Waals surface area contributed by atoms with Crippen LogP contribution in [0.1, 0.15) is 45.4 Å². The van der Waals surface area contributed by atoms with E-state index in [0.29, 0.717) is 38.0 Å². The van der Waals surface area contributed by atoms with E-state index in [2.05, 4.69) is 56.5 Å². The van der Waals surface area contributed by atoms with Crippen LogP contribution in [0.25, 0.3) is 10.4 Å². The molecule has 2 aromatic heterocycles. The zero-order valence-electron chi connectivity index (χ0n) is 22.4. The van der Waals surface area contributed by atoms with Gasteiger partial charge in [0.15, 0.2) is 0 Å². The summed E-state index contributed by atoms with van der Waals surface area (Å²) in [5.41, 5.74) is 4.86. The Kier molecular flexibility index (Phi) is 6.36. The van der Waals surface area contributed by atoms with Gasteiger partial charge in [0.25, 0.3) is 5.91 Å². The normalized spacial score (nSPS) is 21.2. The smallest absolute Gasteiger partial charge is 0.276 e. The molecule has 7 nitrogen and oxygen atoms in total. The maximum Gasteiger partial charge on any atom is 0.276 e. The van der Waals surface area contributed by atoms with Crippen LogP contribution in [0.2, 0.25) is 0 Å². The zero-order chi connectivity index (χ0) is 27.5. The van der Waals surface area contributed by atoms with Gasteiger partial charge in [-0.3, -0.25) is 10.1 Å². The summed E-state index contributed by atoms with van der Waals surface area (Å²) < 4.78 is 13.0. The van der Waals surface area contributed by atoms with Crippen molar-refractivity contribution in [1.82, 2.24) is 10.3 Å². The lowest BCUT2D eigenvalue weighted by molar-refractivity contribution is 0.0982. The van der Waals surface area contributed by atoms with Crippen molar-refractivity contribution in [2.75, 3.05) is 29.5 Å². The molecule has 2 aromatic carbocycles. The molecule has 1 saturated carbocycles. The minimum atomic E-state index is -0.0793. The number of para-hydroxylation sites is 1. The molecule has 4 aromatic rings. The highest BCUT2D eigenvalue weighted by Crippen LogP contribution is 2.48. The average Bonchev–Trinajstić information content (AvgIpc) is 3.93. The average molecular weight is 630 g/mol. The summed E-state index contributed by atoms with van der Waals surface area (Å²) in [6.45, 7) is 2.51. The fourth-order valence-corrected chi connectivity index (χ4v) is 7.45. The number of carbonyl (C=O) groups excluding carboxylic acids is 1. The third-order valence-corrected chi connectivity index (χ3v) is 9.92. The summed E-state index contributed by atoms with van der Waals surface area (Å²) in [5.74, 6) is 1.58. The number of ether oxygens (including phenoxy) is 2. The highest BCUT2D eigenvalue weighted by atomic mass is 79.9. The van der Waals surface area contributed by atoms with Crippen LogP contribution in [0.3, 0.4) is 0 Å². The quantitative estimate of drug-likeness (QED) is 0.261. The molecule has 5 heterocycles. The molecule has 0 bridgehead atoms. The number of hydrogen-bond donors (Lipinski definition) is 1. The molecule has 2 unspecified atom stereocenters. The number of hydrogen-bond acceptors (Lipinski definition) is 7. The predicted octanol–water partition coefficient (Wildman–Crippen LogP) is 6.32. The van der Waals surface area contributed by atoms with E-state index in [1.807, 2.05) is 41.3 Å². The SMILES string of the molecule is O=C(c1cccc(N2CCOc3cc(Br)ccc3C2)n1)N1CCc2cc(C3OC3NC3CC3)sc2-c2ccccc21. The first-order valence-corrected chi connectivity index (χ1v) is 15.8. The summed E-state index contributed by atoms with van der Waals surface area (Å²) in [4.78, 5) is 25.5. The molecule has 9 heteroatoms. The molecule has 3 aliphatic heterocycles. The Labute approximate surface area is 251 Å². The molecule has 2 atom stereocenters. The Morgan fingerprint density at radius 3 is 2.83 bits per heavy atom. The Morgan fingerprint density at radius 2 is 1.93 bits per heavy atom. The summed E-state index contributed by atoms with van der Waals surface area (Å²) in [6.07, 6.45) is 3.57. The summed E-state index contributed by atoms with van der Waals surface area (Å²) >= 11 is 5.33. The van der Waals surface area contributed by atoms with E-state index in [0.717, 1.165) is 39.3 Å². The van der Waals surface area contributed by atoms with Gasteiger partial charge in [0.1, 0.15) is 36.2 Å². The number of nitrogens with one attached hydrogen (secondary N) is 1. The van der Waals surface area contributed by atoms with Crippen molar-refractivity contribution < 1.29 is 14.3 Å². The van der Waals surface area contributed by atoms with Gasteiger partial charge in [-0.2, -0.15) is 0 Å². The van der Waals surface area contributed by atoms with Crippen molar-refractivity contribution in [3.8, 4) is 16.2 Å². The van der Waals surface area contributed by atoms with E-state index >= 15 is 0 Å². The topological polar surface area (TPSA) is 70.2 Å². The van der Waals surface area contributed by atoms with Crippen LogP contribution < -0.4 is 19.9 Å². The van der Waals surface area contributed by atoms with Gasteiger partial charge in [0, 0.05) is 44.5 Å². The second-order valence-electron chi connectivity index (χ2n) is 11.0. The molecule has 8 rings (SSSR count). The highest BCUT2D eigenvalue weighted by Gasteiger charge is 2.45. The third-order valence-electron chi connectivity index (χ3n) is 8.15. The maximum atomic E-state index is 14.1. The third kappa shape index (κ3) is 4.95. The van der Waals surface area contributed by atoms with Crippen molar-refractivity contribution in [3.05, 3.63) is 92.9 Å². The first kappa shape index (κ1) is 25.5. The molecule has 208 valence electrons. The van der Waals surface area contributed by atoms with Gasteiger partial charge in [0.05, 0.1) is 12.2 Å². The summed E-state index contributed by atoms with van der Waals surface area (Å²) in [6, 6.07) is 23.0. The molecule has 41 heavy (non-hydrogen) atoms. The highest BCUT2D eigenvalue weighted by molar-refractivity contribution is 9.10. The molecule has 0 spiro atoms. The van der Waals surface area contributed by atoms with Crippen molar-refractivity contribution in [2.45, 2.75) is 44.2 Å². The van der Waals surface area contributed by atoms with E-state index < -0.39 is 0 Å². The number of nitrogens with zero attached hydrogens (tertiary/aromatic N) is 3. The number of carbonyl (C=O) groups is 1. The Balaban J connectivity index is 1.06. The van der Waals surface area contributed by atoms with Crippen LogP contribution in [0.4, 0.5) is 11.5 Å². The second-order valence-corrected chi connectivity index (χ2v) is 13.0. The number of aromatic nitrogens is 1. The number of halogens is 1. The Bertz CT molecular complexity index is 1650. The molecule has 1 N–H and O–H groups in total. The maximum absolute atomic E-state index is 14.1. The molecular weight excluding hydrogens is 600 g/mol. The van der Waals surface area contributed by atoms with E-state index in [1.165, 1.54) is 28.2 Å². The Morgan fingerprint density at radius 1 is 1.02 bits per heavy atom. The lowest BCUT2D eigenvalue weighted by atomic mass is 10.1. The predicted molar refractivity (Wildman–Crippen MR) is 164 cm³/mol. The van der Waals surface area contributed by atoms with Crippen molar-refractivity contribution >= 4 is 44.7 Å². The number of anilines is 2. The molecule has 0 radical (unpaired) electrons. The van der Waals surface area contributed by atoms with Gasteiger partial charge in [-0.15, -0.1) is 11.3 Å². The van der Waals surface area contributed by atoms with E-state index in [4.69, 9.17) is 14.5 Å². The number of rotatable bonds is 5. The minimum absolute atomic E-state index is 0.0793. The standard InChI is InChI=1S/C32H29BrN4O3S/c33-21-9-8-20-18-36(14-15-39-26(20)17-21)28-7-3-5-24(35-28)32(38)37-13-12-19-16-27(29-31(40-29)34-22-10-11-22)41-30(19)23-4-1-2-6-25(23)37/h1-9,16-17,22,29,31,34H,10-15,18H2. The number of fused-ring (bicyclic) bond motifs is 4. The number of benzene rings is 2. The van der Waals surface area contributed by atoms with Crippen LogP contribution >= 0.6 is 27.3 Å². The van der Waals surface area contributed by atoms with Gasteiger partial charge in [-0.05, 0) is 61.2 Å². The number of pyridine rings is 1. The second kappa shape index (κ2) is 10.2. The first-order valence-electron chi connectivity index (χ1n) is 14.2. The molecule has 1 saturated heterocycles. The largest absolute Gasteiger partial charge is 0.491 e. The van der Waals surface area contributed by atoms with Gasteiger partial charge in [-0.1, -0.05) is 46.3 Å². The van der Waals surface area contributed by atoms with Crippen molar-refractivity contribution in [3.63, 3.8) is 0 Å². The van der Waals surface area contributed by atoms with Crippen LogP contribution in [-0.2, 0) is 17.7 Å². The first-order chi connectivity index (χ1) is 20.1. The van der Waals surface area contributed by atoms with Gasteiger partial charge >= 0.3 is 0 Å². The lowest BCUT2D eigenvalue weighted by Crippen LogP contribution is -2.34. The minimum Gasteiger partial charge on any atom is -0.491 e. The molecule has 1 amide bonds. The van der Waals surface area contributed by atoms with E-state index in [-0.39, 0.29) is 18.2 Å². The van der Waals surface area contributed by atoms with E-state index in [1.54, 1.807) is 11.3 Å². The summed E-state index contributed by atoms with van der Waals surface area (Å²) in [5, 5.41) is 3.58.